The van der Waals surface area contributed by atoms with Crippen molar-refractivity contribution in [3.63, 3.8) is 0 Å². The number of rotatable bonds is 6. The summed E-state index contributed by atoms with van der Waals surface area (Å²) in [5.74, 6) is 1.05. The number of nitrogens with one attached hydrogen (secondary N) is 1. The van der Waals surface area contributed by atoms with Gasteiger partial charge in [0.1, 0.15) is 5.75 Å². The number of ether oxygens (including phenoxy) is 1. The van der Waals surface area contributed by atoms with Crippen LogP contribution in [0.15, 0.2) is 47.4 Å². The number of anilines is 1. The normalized spacial score (nSPS) is 10.2. The number of non-ortho nitro benzene ring substituents is 1. The highest BCUT2D eigenvalue weighted by Crippen LogP contribution is 2.31. The maximum absolute atomic E-state index is 11.0. The first-order valence-electron chi connectivity index (χ1n) is 6.81. The fraction of sp³-hybridized carbons (Fsp3) is 0.188. The third-order valence-corrected chi connectivity index (χ3v) is 4.10. The van der Waals surface area contributed by atoms with Crippen LogP contribution in [-0.2, 0) is 10.5 Å². The maximum atomic E-state index is 11.0. The highest BCUT2D eigenvalue weighted by molar-refractivity contribution is 7.98. The average Bonchev–Trinajstić information content (AvgIpc) is 2.53. The number of hydrogen-bond donors (Lipinski definition) is 1. The number of thioether (sulfide) groups is 1. The lowest BCUT2D eigenvalue weighted by atomic mass is 10.2. The number of nitro groups is 1. The van der Waals surface area contributed by atoms with Gasteiger partial charge in [-0.3, -0.25) is 14.9 Å². The summed E-state index contributed by atoms with van der Waals surface area (Å²) in [6, 6.07) is 12.0. The maximum Gasteiger partial charge on any atom is 0.270 e. The van der Waals surface area contributed by atoms with Crippen molar-refractivity contribution in [2.45, 2.75) is 17.6 Å². The van der Waals surface area contributed by atoms with E-state index in [-0.39, 0.29) is 11.6 Å². The molecular formula is C16H16N2O4S. The Morgan fingerprint density at radius 1 is 1.26 bits per heavy atom. The molecule has 0 atom stereocenters. The van der Waals surface area contributed by atoms with E-state index >= 15 is 0 Å². The molecular weight excluding hydrogens is 316 g/mol. The van der Waals surface area contributed by atoms with E-state index < -0.39 is 4.92 Å². The first-order chi connectivity index (χ1) is 11.0. The molecule has 0 spiro atoms. The molecule has 23 heavy (non-hydrogen) atoms. The molecule has 120 valence electrons. The van der Waals surface area contributed by atoms with E-state index in [0.717, 1.165) is 16.1 Å². The Balaban J connectivity index is 2.09. The summed E-state index contributed by atoms with van der Waals surface area (Å²) in [6.45, 7) is 1.46. The summed E-state index contributed by atoms with van der Waals surface area (Å²) in [5, 5.41) is 13.6. The molecule has 0 saturated carbocycles. The van der Waals surface area contributed by atoms with Crippen molar-refractivity contribution in [2.24, 2.45) is 0 Å². The lowest BCUT2D eigenvalue weighted by Crippen LogP contribution is -2.05. The molecule has 0 aliphatic carbocycles. The Morgan fingerprint density at radius 2 is 1.96 bits per heavy atom. The van der Waals surface area contributed by atoms with E-state index in [4.69, 9.17) is 4.74 Å². The van der Waals surface area contributed by atoms with Crippen LogP contribution in [-0.4, -0.2) is 17.9 Å². The van der Waals surface area contributed by atoms with Crippen LogP contribution in [0.2, 0.25) is 0 Å². The molecule has 7 heteroatoms. The van der Waals surface area contributed by atoms with Gasteiger partial charge in [-0.25, -0.2) is 0 Å². The van der Waals surface area contributed by atoms with E-state index in [1.54, 1.807) is 6.07 Å². The van der Waals surface area contributed by atoms with Gasteiger partial charge in [-0.15, -0.1) is 11.8 Å². The smallest absolute Gasteiger partial charge is 0.270 e. The average molecular weight is 332 g/mol. The molecule has 6 nitrogen and oxygen atoms in total. The zero-order valence-corrected chi connectivity index (χ0v) is 13.6. The van der Waals surface area contributed by atoms with Crippen LogP contribution in [0.25, 0.3) is 0 Å². The molecule has 0 saturated heterocycles. The van der Waals surface area contributed by atoms with Crippen LogP contribution < -0.4 is 10.1 Å². The standard InChI is InChI=1S/C16H16N2O4S/c1-11(19)17-13-3-6-15(7-4-13)23-10-12-9-14(18(20)21)5-8-16(12)22-2/h3-9H,10H2,1-2H3,(H,17,19). The lowest BCUT2D eigenvalue weighted by molar-refractivity contribution is -0.384. The number of hydrogen-bond acceptors (Lipinski definition) is 5. The first-order valence-corrected chi connectivity index (χ1v) is 7.80. The molecule has 0 aromatic heterocycles. The molecule has 2 aromatic rings. The minimum atomic E-state index is -0.421. The summed E-state index contributed by atoms with van der Waals surface area (Å²) in [5.41, 5.74) is 1.54. The van der Waals surface area contributed by atoms with Gasteiger partial charge in [-0.05, 0) is 30.3 Å². The molecule has 0 aliphatic rings. The van der Waals surface area contributed by atoms with Crippen molar-refractivity contribution in [2.75, 3.05) is 12.4 Å². The number of nitro benzene ring substituents is 1. The summed E-state index contributed by atoms with van der Waals surface area (Å²) in [7, 11) is 1.54. The molecule has 0 unspecified atom stereocenters. The number of carbonyl (C=O) groups excluding carboxylic acids is 1. The number of benzene rings is 2. The molecule has 2 aromatic carbocycles. The molecule has 0 bridgehead atoms. The minimum Gasteiger partial charge on any atom is -0.496 e. The Bertz CT molecular complexity index is 717. The Labute approximate surface area is 138 Å². The van der Waals surface area contributed by atoms with E-state index in [1.165, 1.54) is 37.9 Å². The molecule has 1 amide bonds. The quantitative estimate of drug-likeness (QED) is 0.493. The van der Waals surface area contributed by atoms with Gasteiger partial charge in [-0.1, -0.05) is 0 Å². The van der Waals surface area contributed by atoms with Crippen molar-refractivity contribution in [1.82, 2.24) is 0 Å². The molecule has 2 rings (SSSR count). The predicted molar refractivity (Wildman–Crippen MR) is 90.0 cm³/mol. The van der Waals surface area contributed by atoms with Gasteiger partial charge in [0.05, 0.1) is 12.0 Å². The number of amides is 1. The summed E-state index contributed by atoms with van der Waals surface area (Å²) in [4.78, 5) is 22.4. The molecule has 0 heterocycles. The number of methoxy groups -OCH3 is 1. The fourth-order valence-corrected chi connectivity index (χ4v) is 2.87. The highest BCUT2D eigenvalue weighted by Gasteiger charge is 2.11. The second-order valence-corrected chi connectivity index (χ2v) is 5.80. The zero-order valence-electron chi connectivity index (χ0n) is 12.7. The summed E-state index contributed by atoms with van der Waals surface area (Å²) >= 11 is 1.54. The Morgan fingerprint density at radius 3 is 2.52 bits per heavy atom. The topological polar surface area (TPSA) is 81.5 Å². The largest absolute Gasteiger partial charge is 0.496 e. The predicted octanol–water partition coefficient (Wildman–Crippen LogP) is 3.85. The van der Waals surface area contributed by atoms with Gasteiger partial charge in [-0.2, -0.15) is 0 Å². The van der Waals surface area contributed by atoms with E-state index in [0.29, 0.717) is 11.5 Å². The van der Waals surface area contributed by atoms with Crippen LogP contribution >= 0.6 is 11.8 Å². The van der Waals surface area contributed by atoms with Crippen molar-refractivity contribution in [3.05, 3.63) is 58.1 Å². The second kappa shape index (κ2) is 7.64. The lowest BCUT2D eigenvalue weighted by Gasteiger charge is -2.09. The van der Waals surface area contributed by atoms with Gasteiger partial charge in [0.2, 0.25) is 5.91 Å². The Kier molecular flexibility index (Phi) is 5.59. The van der Waals surface area contributed by atoms with Gasteiger partial charge < -0.3 is 10.1 Å². The fourth-order valence-electron chi connectivity index (χ4n) is 1.99. The summed E-state index contributed by atoms with van der Waals surface area (Å²) in [6.07, 6.45) is 0. The van der Waals surface area contributed by atoms with Crippen LogP contribution in [0.4, 0.5) is 11.4 Å². The van der Waals surface area contributed by atoms with Crippen molar-refractivity contribution < 1.29 is 14.5 Å². The van der Waals surface area contributed by atoms with Crippen LogP contribution in [0, 0.1) is 10.1 Å². The number of carbonyl (C=O) groups is 1. The van der Waals surface area contributed by atoms with Gasteiger partial charge in [0.25, 0.3) is 5.69 Å². The third kappa shape index (κ3) is 4.72. The van der Waals surface area contributed by atoms with Crippen LogP contribution in [0.3, 0.4) is 0 Å². The monoisotopic (exact) mass is 332 g/mol. The van der Waals surface area contributed by atoms with Crippen molar-refractivity contribution in [1.29, 1.82) is 0 Å². The van der Waals surface area contributed by atoms with Crippen molar-refractivity contribution in [3.8, 4) is 5.75 Å². The summed E-state index contributed by atoms with van der Waals surface area (Å²) < 4.78 is 5.25. The Hall–Kier alpha value is -2.54. The molecule has 0 aliphatic heterocycles. The highest BCUT2D eigenvalue weighted by atomic mass is 32.2. The van der Waals surface area contributed by atoms with Gasteiger partial charge >= 0.3 is 0 Å². The first kappa shape index (κ1) is 16.8. The molecule has 0 fully saturated rings. The van der Waals surface area contributed by atoms with E-state index in [9.17, 15) is 14.9 Å². The molecule has 1 N–H and O–H groups in total. The van der Waals surface area contributed by atoms with Crippen molar-refractivity contribution >= 4 is 29.0 Å². The van der Waals surface area contributed by atoms with E-state index in [1.807, 2.05) is 24.3 Å². The SMILES string of the molecule is COc1ccc([N+](=O)[O-])cc1CSc1ccc(NC(C)=O)cc1. The van der Waals surface area contributed by atoms with Crippen LogP contribution in [0.5, 0.6) is 5.75 Å². The van der Waals surface area contributed by atoms with Gasteiger partial charge in [0.15, 0.2) is 0 Å². The van der Waals surface area contributed by atoms with E-state index in [2.05, 4.69) is 5.32 Å². The van der Waals surface area contributed by atoms with Gasteiger partial charge in [0, 0.05) is 41.0 Å². The van der Waals surface area contributed by atoms with Crippen LogP contribution in [0.1, 0.15) is 12.5 Å². The number of nitrogens with zero attached hydrogens (tertiary/aromatic N) is 1. The zero-order chi connectivity index (χ0) is 16.8. The second-order valence-electron chi connectivity index (χ2n) is 4.75. The molecule has 0 radical (unpaired) electrons. The third-order valence-electron chi connectivity index (χ3n) is 3.04. The minimum absolute atomic E-state index is 0.0439.